The molecule has 3 aromatic rings. The highest BCUT2D eigenvalue weighted by molar-refractivity contribution is 5.88. The van der Waals surface area contributed by atoms with Crippen LogP contribution in [0.3, 0.4) is 0 Å². The van der Waals surface area contributed by atoms with Gasteiger partial charge in [-0.2, -0.15) is 0 Å². The highest BCUT2D eigenvalue weighted by atomic mass is 16.5. The molecule has 0 spiro atoms. The fourth-order valence-corrected chi connectivity index (χ4v) is 3.39. The number of nitrogens with one attached hydrogen (secondary N) is 1. The van der Waals surface area contributed by atoms with Crippen LogP contribution in [-0.2, 0) is 11.8 Å². The summed E-state index contributed by atoms with van der Waals surface area (Å²) in [6, 6.07) is 9.21. The zero-order valence-electron chi connectivity index (χ0n) is 14.3. The van der Waals surface area contributed by atoms with Gasteiger partial charge in [0.15, 0.2) is 0 Å². The molecule has 1 aromatic carbocycles. The van der Waals surface area contributed by atoms with Crippen LogP contribution in [0.5, 0.6) is 5.75 Å². The number of hydrogen-bond acceptors (Lipinski definition) is 3. The minimum atomic E-state index is -0.929. The number of carbonyl (C=O) groups is 1. The van der Waals surface area contributed by atoms with Crippen LogP contribution in [-0.4, -0.2) is 28.2 Å². The summed E-state index contributed by atoms with van der Waals surface area (Å²) in [7, 11) is 1.66. The summed E-state index contributed by atoms with van der Waals surface area (Å²) in [6.45, 7) is 2.26. The maximum Gasteiger partial charge on any atom is 0.335 e. The van der Waals surface area contributed by atoms with Gasteiger partial charge in [-0.1, -0.05) is 6.92 Å². The Balaban J connectivity index is 1.82. The van der Waals surface area contributed by atoms with Crippen LogP contribution < -0.4 is 4.74 Å². The van der Waals surface area contributed by atoms with Gasteiger partial charge >= 0.3 is 5.97 Å². The van der Waals surface area contributed by atoms with Crippen LogP contribution >= 0.6 is 0 Å². The minimum Gasteiger partial charge on any atom is -0.497 e. The first kappa shape index (κ1) is 15.7. The van der Waals surface area contributed by atoms with E-state index in [0.717, 1.165) is 35.2 Å². The molecule has 1 fully saturated rings. The maximum absolute atomic E-state index is 11.2. The van der Waals surface area contributed by atoms with Gasteiger partial charge < -0.3 is 14.8 Å². The molecule has 2 aromatic heterocycles. The summed E-state index contributed by atoms with van der Waals surface area (Å²) >= 11 is 0. The first-order valence-corrected chi connectivity index (χ1v) is 8.37. The van der Waals surface area contributed by atoms with Crippen LogP contribution in [0.15, 0.2) is 36.5 Å². The summed E-state index contributed by atoms with van der Waals surface area (Å²) < 4.78 is 5.34. The van der Waals surface area contributed by atoms with E-state index in [1.807, 2.05) is 12.1 Å². The molecule has 0 bridgehead atoms. The van der Waals surface area contributed by atoms with E-state index in [1.165, 1.54) is 17.3 Å². The van der Waals surface area contributed by atoms with Gasteiger partial charge in [-0.05, 0) is 42.7 Å². The number of aromatic amines is 1. The Bertz CT molecular complexity index is 970. The molecule has 0 saturated heterocycles. The number of aromatic carboxylic acids is 1. The quantitative estimate of drug-likeness (QED) is 0.741. The van der Waals surface area contributed by atoms with Crippen molar-refractivity contribution in [3.8, 4) is 5.75 Å². The van der Waals surface area contributed by atoms with Crippen molar-refractivity contribution in [2.75, 3.05) is 7.11 Å². The number of H-pyrrole nitrogens is 1. The predicted octanol–water partition coefficient (Wildman–Crippen LogP) is 3.91. The number of nitrogens with zero attached hydrogens (tertiary/aromatic N) is 1. The van der Waals surface area contributed by atoms with E-state index >= 15 is 0 Å². The Hall–Kier alpha value is -2.82. The molecule has 0 atom stereocenters. The molecule has 1 saturated carbocycles. The van der Waals surface area contributed by atoms with Crippen molar-refractivity contribution in [1.29, 1.82) is 0 Å². The average molecular weight is 336 g/mol. The SMILES string of the molecule is COc1ccc2c(Cc3cc(C(=O)O)ccn3)c(C3(C)CC3)[nH]c2c1. The predicted molar refractivity (Wildman–Crippen MR) is 95.4 cm³/mol. The third-order valence-electron chi connectivity index (χ3n) is 5.14. The lowest BCUT2D eigenvalue weighted by molar-refractivity contribution is 0.0696. The normalized spacial score (nSPS) is 15.3. The minimum absolute atomic E-state index is 0.173. The number of ether oxygens (including phenoxy) is 1. The molecule has 4 rings (SSSR count). The van der Waals surface area contributed by atoms with Crippen LogP contribution in [0.4, 0.5) is 0 Å². The van der Waals surface area contributed by atoms with Crippen molar-refractivity contribution in [1.82, 2.24) is 9.97 Å². The summed E-state index contributed by atoms with van der Waals surface area (Å²) in [5, 5.41) is 10.4. The van der Waals surface area contributed by atoms with E-state index in [1.54, 1.807) is 19.4 Å². The number of carboxylic acid groups (broad SMARTS) is 1. The zero-order valence-corrected chi connectivity index (χ0v) is 14.3. The van der Waals surface area contributed by atoms with Gasteiger partial charge in [-0.15, -0.1) is 0 Å². The number of fused-ring (bicyclic) bond motifs is 1. The molecule has 0 radical (unpaired) electrons. The standard InChI is InChI=1S/C20H20N2O3/c1-20(6-7-20)18-16(10-13-9-12(19(23)24)5-8-21-13)15-4-3-14(25-2)11-17(15)22-18/h3-5,8-9,11,22H,6-7,10H2,1-2H3,(H,23,24). The Morgan fingerprint density at radius 1 is 1.32 bits per heavy atom. The lowest BCUT2D eigenvalue weighted by Crippen LogP contribution is -2.06. The fraction of sp³-hybridized carbons (Fsp3) is 0.300. The smallest absolute Gasteiger partial charge is 0.335 e. The molecule has 2 N–H and O–H groups in total. The summed E-state index contributed by atoms with van der Waals surface area (Å²) in [6.07, 6.45) is 4.49. The van der Waals surface area contributed by atoms with Crippen LogP contribution in [0, 0.1) is 0 Å². The molecular formula is C20H20N2O3. The number of methoxy groups -OCH3 is 1. The van der Waals surface area contributed by atoms with Gasteiger partial charge in [0.2, 0.25) is 0 Å². The topological polar surface area (TPSA) is 75.2 Å². The highest BCUT2D eigenvalue weighted by Gasteiger charge is 2.42. The Labute approximate surface area is 145 Å². The van der Waals surface area contributed by atoms with Crippen LogP contribution in [0.1, 0.15) is 47.1 Å². The van der Waals surface area contributed by atoms with Crippen LogP contribution in [0.25, 0.3) is 10.9 Å². The van der Waals surface area contributed by atoms with E-state index in [2.05, 4.69) is 23.0 Å². The van der Waals surface area contributed by atoms with Gasteiger partial charge in [0, 0.05) is 46.4 Å². The molecule has 25 heavy (non-hydrogen) atoms. The van der Waals surface area contributed by atoms with E-state index < -0.39 is 5.97 Å². The summed E-state index contributed by atoms with van der Waals surface area (Å²) in [5.74, 6) is -0.111. The second kappa shape index (κ2) is 5.62. The van der Waals surface area contributed by atoms with Crippen molar-refractivity contribution < 1.29 is 14.6 Å². The third-order valence-corrected chi connectivity index (χ3v) is 5.14. The second-order valence-corrected chi connectivity index (χ2v) is 6.97. The molecule has 0 amide bonds. The van der Waals surface area contributed by atoms with Crippen molar-refractivity contribution >= 4 is 16.9 Å². The molecule has 0 unspecified atom stereocenters. The van der Waals surface area contributed by atoms with Crippen molar-refractivity contribution in [3.63, 3.8) is 0 Å². The largest absolute Gasteiger partial charge is 0.497 e. The molecule has 128 valence electrons. The number of hydrogen-bond donors (Lipinski definition) is 2. The Morgan fingerprint density at radius 2 is 2.12 bits per heavy atom. The molecule has 5 nitrogen and oxygen atoms in total. The summed E-state index contributed by atoms with van der Waals surface area (Å²) in [4.78, 5) is 19.2. The third kappa shape index (κ3) is 2.76. The van der Waals surface area contributed by atoms with E-state index in [0.29, 0.717) is 6.42 Å². The lowest BCUT2D eigenvalue weighted by atomic mass is 9.96. The molecule has 5 heteroatoms. The van der Waals surface area contributed by atoms with Crippen molar-refractivity contribution in [2.45, 2.75) is 31.6 Å². The number of benzene rings is 1. The van der Waals surface area contributed by atoms with Gasteiger partial charge in [-0.3, -0.25) is 4.98 Å². The zero-order chi connectivity index (χ0) is 17.6. The van der Waals surface area contributed by atoms with Crippen molar-refractivity contribution in [2.24, 2.45) is 0 Å². The molecule has 1 aliphatic carbocycles. The van der Waals surface area contributed by atoms with Gasteiger partial charge in [0.05, 0.1) is 12.7 Å². The molecule has 2 heterocycles. The second-order valence-electron chi connectivity index (χ2n) is 6.97. The van der Waals surface area contributed by atoms with E-state index in [9.17, 15) is 9.90 Å². The number of rotatable bonds is 5. The monoisotopic (exact) mass is 336 g/mol. The Morgan fingerprint density at radius 3 is 2.80 bits per heavy atom. The maximum atomic E-state index is 11.2. The van der Waals surface area contributed by atoms with Crippen molar-refractivity contribution in [3.05, 3.63) is 59.0 Å². The highest BCUT2D eigenvalue weighted by Crippen LogP contribution is 2.50. The lowest BCUT2D eigenvalue weighted by Gasteiger charge is -2.11. The average Bonchev–Trinajstić information content (AvgIpc) is 3.26. The van der Waals surface area contributed by atoms with E-state index in [-0.39, 0.29) is 11.0 Å². The van der Waals surface area contributed by atoms with Gasteiger partial charge in [-0.25, -0.2) is 4.79 Å². The van der Waals surface area contributed by atoms with Gasteiger partial charge in [0.1, 0.15) is 5.75 Å². The fourth-order valence-electron chi connectivity index (χ4n) is 3.39. The van der Waals surface area contributed by atoms with Crippen LogP contribution in [0.2, 0.25) is 0 Å². The molecular weight excluding hydrogens is 316 g/mol. The first-order valence-electron chi connectivity index (χ1n) is 8.37. The number of carboxylic acids is 1. The molecule has 1 aliphatic rings. The Kier molecular flexibility index (Phi) is 3.53. The summed E-state index contributed by atoms with van der Waals surface area (Å²) in [5.41, 5.74) is 4.69. The van der Waals surface area contributed by atoms with E-state index in [4.69, 9.17) is 4.74 Å². The number of aromatic nitrogens is 2. The van der Waals surface area contributed by atoms with Gasteiger partial charge in [0.25, 0.3) is 0 Å². The first-order chi connectivity index (χ1) is 12.0. The number of pyridine rings is 1. The molecule has 0 aliphatic heterocycles.